The number of rotatable bonds is 8. The largest absolute Gasteiger partial charge is 0.489 e. The number of ether oxygens (including phenoxy) is 2. The van der Waals surface area contributed by atoms with Gasteiger partial charge in [0.1, 0.15) is 24.7 Å². The Bertz CT molecular complexity index is 1170. The van der Waals surface area contributed by atoms with Gasteiger partial charge in [0.05, 0.1) is 0 Å². The lowest BCUT2D eigenvalue weighted by Gasteiger charge is -2.10. The summed E-state index contributed by atoms with van der Waals surface area (Å²) in [5.41, 5.74) is 6.91. The van der Waals surface area contributed by atoms with Crippen LogP contribution in [-0.4, -0.2) is 4.98 Å². The lowest BCUT2D eigenvalue weighted by Crippen LogP contribution is -1.95. The normalized spacial score (nSPS) is 10.7. The highest BCUT2D eigenvalue weighted by Gasteiger charge is 2.09. The molecule has 5 aromatic rings. The number of aromatic amines is 1. The van der Waals surface area contributed by atoms with Crippen molar-refractivity contribution in [2.45, 2.75) is 13.2 Å². The molecule has 5 rings (SSSR count). The molecule has 0 bridgehead atoms. The van der Waals surface area contributed by atoms with Gasteiger partial charge in [0.25, 0.3) is 0 Å². The number of aromatic nitrogens is 1. The van der Waals surface area contributed by atoms with E-state index >= 15 is 0 Å². The van der Waals surface area contributed by atoms with Crippen LogP contribution in [0.25, 0.3) is 22.3 Å². The second kappa shape index (κ2) is 9.92. The predicted octanol–water partition coefficient (Wildman–Crippen LogP) is 7.51. The number of hydrogen-bond donors (Lipinski definition) is 1. The minimum atomic E-state index is 0.564. The lowest BCUT2D eigenvalue weighted by molar-refractivity contribution is 0.306. The van der Waals surface area contributed by atoms with Crippen molar-refractivity contribution >= 4 is 0 Å². The molecule has 0 aliphatic carbocycles. The van der Waals surface area contributed by atoms with E-state index in [2.05, 4.69) is 53.5 Å². The minimum Gasteiger partial charge on any atom is -0.489 e. The van der Waals surface area contributed by atoms with E-state index in [4.69, 9.17) is 9.47 Å². The molecule has 0 unspecified atom stereocenters. The van der Waals surface area contributed by atoms with Crippen LogP contribution in [0.15, 0.2) is 122 Å². The van der Waals surface area contributed by atoms with Crippen LogP contribution in [0.1, 0.15) is 11.1 Å². The number of nitrogens with one attached hydrogen (secondary N) is 1. The Morgan fingerprint density at radius 3 is 1.24 bits per heavy atom. The van der Waals surface area contributed by atoms with Gasteiger partial charge in [-0.2, -0.15) is 0 Å². The molecule has 33 heavy (non-hydrogen) atoms. The van der Waals surface area contributed by atoms with Crippen molar-refractivity contribution in [1.82, 2.24) is 4.98 Å². The Morgan fingerprint density at radius 1 is 0.455 bits per heavy atom. The smallest absolute Gasteiger partial charge is 0.119 e. The van der Waals surface area contributed by atoms with Crippen LogP contribution in [0.3, 0.4) is 0 Å². The summed E-state index contributed by atoms with van der Waals surface area (Å²) >= 11 is 0. The molecule has 0 atom stereocenters. The van der Waals surface area contributed by atoms with Crippen LogP contribution in [0.2, 0.25) is 0 Å². The van der Waals surface area contributed by atoms with Gasteiger partial charge in [-0.1, -0.05) is 84.9 Å². The van der Waals surface area contributed by atoms with Gasteiger partial charge in [-0.3, -0.25) is 0 Å². The Labute approximate surface area is 194 Å². The molecule has 1 heterocycles. The summed E-state index contributed by atoms with van der Waals surface area (Å²) in [6.07, 6.45) is 4.07. The molecule has 0 saturated heterocycles. The second-order valence-electron chi connectivity index (χ2n) is 7.88. The lowest BCUT2D eigenvalue weighted by atomic mass is 9.99. The van der Waals surface area contributed by atoms with Crippen LogP contribution in [0, 0.1) is 0 Å². The first-order valence-electron chi connectivity index (χ1n) is 11.1. The van der Waals surface area contributed by atoms with Crippen LogP contribution in [0.4, 0.5) is 0 Å². The molecule has 3 heteroatoms. The molecule has 0 amide bonds. The maximum absolute atomic E-state index is 5.93. The monoisotopic (exact) mass is 431 g/mol. The van der Waals surface area contributed by atoms with Gasteiger partial charge < -0.3 is 14.5 Å². The zero-order valence-electron chi connectivity index (χ0n) is 18.3. The Morgan fingerprint density at radius 2 is 0.848 bits per heavy atom. The highest BCUT2D eigenvalue weighted by Crippen LogP contribution is 2.33. The van der Waals surface area contributed by atoms with Crippen LogP contribution in [-0.2, 0) is 13.2 Å². The standard InChI is InChI=1S/C30H25NO2/c1-3-7-23(8-4-1)21-32-27-15-11-25(12-16-27)29-19-31-20-30(29)26-13-17-28(18-14-26)33-22-24-9-5-2-6-10-24/h1-20,31H,21-22H2. The third-order valence-electron chi connectivity index (χ3n) is 5.57. The minimum absolute atomic E-state index is 0.564. The average Bonchev–Trinajstić information content (AvgIpc) is 3.38. The molecule has 0 aliphatic heterocycles. The summed E-state index contributed by atoms with van der Waals surface area (Å²) in [5, 5.41) is 0. The molecule has 162 valence electrons. The first-order chi connectivity index (χ1) is 16.3. The summed E-state index contributed by atoms with van der Waals surface area (Å²) < 4.78 is 11.9. The van der Waals surface area contributed by atoms with E-state index < -0.39 is 0 Å². The summed E-state index contributed by atoms with van der Waals surface area (Å²) in [6.45, 7) is 1.13. The zero-order valence-corrected chi connectivity index (χ0v) is 18.3. The van der Waals surface area contributed by atoms with E-state index in [0.29, 0.717) is 13.2 Å². The molecule has 4 aromatic carbocycles. The van der Waals surface area contributed by atoms with Gasteiger partial charge in [-0.15, -0.1) is 0 Å². The van der Waals surface area contributed by atoms with Gasteiger partial charge in [0.2, 0.25) is 0 Å². The molecule has 1 N–H and O–H groups in total. The van der Waals surface area contributed by atoms with Crippen molar-refractivity contribution in [1.29, 1.82) is 0 Å². The number of benzene rings is 4. The predicted molar refractivity (Wildman–Crippen MR) is 133 cm³/mol. The molecule has 0 radical (unpaired) electrons. The van der Waals surface area contributed by atoms with Gasteiger partial charge in [-0.05, 0) is 46.5 Å². The third-order valence-corrected chi connectivity index (χ3v) is 5.57. The first-order valence-corrected chi connectivity index (χ1v) is 11.1. The molecule has 0 aliphatic rings. The summed E-state index contributed by atoms with van der Waals surface area (Å²) in [4.78, 5) is 3.26. The van der Waals surface area contributed by atoms with Crippen LogP contribution < -0.4 is 9.47 Å². The Hall–Kier alpha value is -4.24. The second-order valence-corrected chi connectivity index (χ2v) is 7.88. The van der Waals surface area contributed by atoms with E-state index in [0.717, 1.165) is 44.9 Å². The van der Waals surface area contributed by atoms with Crippen LogP contribution >= 0.6 is 0 Å². The summed E-state index contributed by atoms with van der Waals surface area (Å²) in [5.74, 6) is 1.72. The first kappa shape index (κ1) is 20.7. The van der Waals surface area contributed by atoms with Crippen molar-refractivity contribution in [2.24, 2.45) is 0 Å². The van der Waals surface area contributed by atoms with Gasteiger partial charge in [-0.25, -0.2) is 0 Å². The summed E-state index contributed by atoms with van der Waals surface area (Å²) in [6, 6.07) is 36.9. The van der Waals surface area contributed by atoms with Crippen molar-refractivity contribution in [3.05, 3.63) is 133 Å². The average molecular weight is 432 g/mol. The third kappa shape index (κ3) is 5.16. The van der Waals surface area contributed by atoms with E-state index in [1.54, 1.807) is 0 Å². The zero-order chi connectivity index (χ0) is 22.3. The van der Waals surface area contributed by atoms with E-state index in [-0.39, 0.29) is 0 Å². The fourth-order valence-corrected chi connectivity index (χ4v) is 3.78. The summed E-state index contributed by atoms with van der Waals surface area (Å²) in [7, 11) is 0. The molecule has 0 spiro atoms. The van der Waals surface area contributed by atoms with Crippen molar-refractivity contribution in [3.63, 3.8) is 0 Å². The molecule has 1 aromatic heterocycles. The van der Waals surface area contributed by atoms with E-state index in [1.807, 2.05) is 73.1 Å². The fourth-order valence-electron chi connectivity index (χ4n) is 3.78. The quantitative estimate of drug-likeness (QED) is 0.276. The van der Waals surface area contributed by atoms with Crippen LogP contribution in [0.5, 0.6) is 11.5 Å². The maximum Gasteiger partial charge on any atom is 0.119 e. The van der Waals surface area contributed by atoms with Gasteiger partial charge in [0.15, 0.2) is 0 Å². The SMILES string of the molecule is c1ccc(COc2ccc(-c3c[nH]cc3-c3ccc(OCc4ccccc4)cc3)cc2)cc1. The number of hydrogen-bond acceptors (Lipinski definition) is 2. The Balaban J connectivity index is 1.26. The van der Waals surface area contributed by atoms with Gasteiger partial charge >= 0.3 is 0 Å². The van der Waals surface area contributed by atoms with Gasteiger partial charge in [0, 0.05) is 23.5 Å². The van der Waals surface area contributed by atoms with Crippen molar-refractivity contribution in [3.8, 4) is 33.8 Å². The van der Waals surface area contributed by atoms with Crippen molar-refractivity contribution < 1.29 is 9.47 Å². The maximum atomic E-state index is 5.93. The highest BCUT2D eigenvalue weighted by atomic mass is 16.5. The number of H-pyrrole nitrogens is 1. The molecule has 0 saturated carbocycles. The van der Waals surface area contributed by atoms with Crippen molar-refractivity contribution in [2.75, 3.05) is 0 Å². The molecular formula is C30H25NO2. The molecule has 0 fully saturated rings. The highest BCUT2D eigenvalue weighted by molar-refractivity contribution is 5.83. The molecular weight excluding hydrogens is 406 g/mol. The van der Waals surface area contributed by atoms with E-state index in [1.165, 1.54) is 0 Å². The Kier molecular flexibility index (Phi) is 6.21. The molecule has 3 nitrogen and oxygen atoms in total. The topological polar surface area (TPSA) is 34.2 Å². The van der Waals surface area contributed by atoms with E-state index in [9.17, 15) is 0 Å². The fraction of sp³-hybridized carbons (Fsp3) is 0.0667.